The minimum absolute atomic E-state index is 0.00234. The summed E-state index contributed by atoms with van der Waals surface area (Å²) < 4.78 is 6.24. The van der Waals surface area contributed by atoms with E-state index in [0.717, 1.165) is 39.5 Å². The molecule has 2 atom stereocenters. The second-order valence-corrected chi connectivity index (χ2v) is 7.86. The van der Waals surface area contributed by atoms with Crippen molar-refractivity contribution >= 4 is 29.1 Å². The fourth-order valence-electron chi connectivity index (χ4n) is 3.35. The van der Waals surface area contributed by atoms with E-state index in [4.69, 9.17) is 16.6 Å². The zero-order chi connectivity index (χ0) is 18.6. The summed E-state index contributed by atoms with van der Waals surface area (Å²) in [6.45, 7) is 3.04. The third kappa shape index (κ3) is 3.87. The van der Waals surface area contributed by atoms with Crippen LogP contribution in [0.15, 0.2) is 81.3 Å². The van der Waals surface area contributed by atoms with Crippen LogP contribution in [-0.2, 0) is 0 Å². The predicted octanol–water partition coefficient (Wildman–Crippen LogP) is 5.21. The number of thiocarbonyl (C=S) groups is 1. The average Bonchev–Trinajstić information content (AvgIpc) is 3.28. The predicted molar refractivity (Wildman–Crippen MR) is 112 cm³/mol. The van der Waals surface area contributed by atoms with Crippen LogP contribution in [0.2, 0.25) is 0 Å². The maximum Gasteiger partial charge on any atom is 0.170 e. The van der Waals surface area contributed by atoms with E-state index in [1.54, 1.807) is 11.8 Å². The molecule has 0 amide bonds. The Hall–Kier alpha value is -2.31. The molecule has 0 bridgehead atoms. The second kappa shape index (κ2) is 8.15. The molecule has 0 spiro atoms. The summed E-state index contributed by atoms with van der Waals surface area (Å²) in [6, 6.07) is 20.3. The van der Waals surface area contributed by atoms with Crippen LogP contribution in [0, 0.1) is 0 Å². The number of benzene rings is 1. The van der Waals surface area contributed by atoms with Crippen LogP contribution in [-0.4, -0.2) is 21.5 Å². The molecule has 2 unspecified atom stereocenters. The van der Waals surface area contributed by atoms with Gasteiger partial charge in [0.15, 0.2) is 10.2 Å². The highest BCUT2D eigenvalue weighted by molar-refractivity contribution is 7.99. The van der Waals surface area contributed by atoms with Gasteiger partial charge in [0.25, 0.3) is 0 Å². The van der Waals surface area contributed by atoms with Gasteiger partial charge in [0.2, 0.25) is 0 Å². The summed E-state index contributed by atoms with van der Waals surface area (Å²) >= 11 is 7.24. The van der Waals surface area contributed by atoms with E-state index in [1.165, 1.54) is 0 Å². The Kier molecular flexibility index (Phi) is 5.45. The fourth-order valence-corrected chi connectivity index (χ4v) is 4.48. The molecule has 2 aromatic heterocycles. The van der Waals surface area contributed by atoms with Crippen LogP contribution >= 0.6 is 24.0 Å². The largest absolute Gasteiger partial charge is 0.452 e. The van der Waals surface area contributed by atoms with E-state index in [0.29, 0.717) is 0 Å². The number of hydrogen-bond acceptors (Lipinski definition) is 4. The number of hydrogen-bond donors (Lipinski definition) is 1. The highest BCUT2D eigenvalue weighted by Crippen LogP contribution is 2.41. The molecule has 3 heterocycles. The van der Waals surface area contributed by atoms with Gasteiger partial charge in [-0.05, 0) is 55.0 Å². The number of furan rings is 1. The van der Waals surface area contributed by atoms with Crippen molar-refractivity contribution in [3.63, 3.8) is 0 Å². The number of aromatic nitrogens is 1. The first-order valence-electron chi connectivity index (χ1n) is 9.07. The molecule has 0 aliphatic carbocycles. The molecule has 6 heteroatoms. The van der Waals surface area contributed by atoms with Gasteiger partial charge in [-0.15, -0.1) is 0 Å². The van der Waals surface area contributed by atoms with Gasteiger partial charge < -0.3 is 14.6 Å². The normalized spacial score (nSPS) is 19.3. The molecule has 0 radical (unpaired) electrons. The summed E-state index contributed by atoms with van der Waals surface area (Å²) in [4.78, 5) is 7.91. The summed E-state index contributed by atoms with van der Waals surface area (Å²) in [7, 11) is 0. The van der Waals surface area contributed by atoms with Gasteiger partial charge in [-0.1, -0.05) is 43.0 Å². The van der Waals surface area contributed by atoms with E-state index in [1.807, 2.05) is 48.7 Å². The Morgan fingerprint density at radius 1 is 1.11 bits per heavy atom. The number of nitrogens with zero attached hydrogens (tertiary/aromatic N) is 2. The van der Waals surface area contributed by atoms with Gasteiger partial charge in [0.05, 0.1) is 11.7 Å². The van der Waals surface area contributed by atoms with Crippen LogP contribution in [0.3, 0.4) is 0 Å². The molecule has 1 aliphatic rings. The zero-order valence-corrected chi connectivity index (χ0v) is 16.7. The van der Waals surface area contributed by atoms with Gasteiger partial charge >= 0.3 is 0 Å². The van der Waals surface area contributed by atoms with Crippen molar-refractivity contribution in [3.05, 3.63) is 78.3 Å². The van der Waals surface area contributed by atoms with Crippen molar-refractivity contribution in [3.8, 4) is 0 Å². The number of pyridine rings is 1. The van der Waals surface area contributed by atoms with E-state index < -0.39 is 0 Å². The summed E-state index contributed by atoms with van der Waals surface area (Å²) in [6.07, 6.45) is 2.83. The molecule has 1 saturated heterocycles. The molecule has 4 rings (SSSR count). The maximum absolute atomic E-state index is 6.24. The molecule has 1 aromatic carbocycles. The van der Waals surface area contributed by atoms with Crippen molar-refractivity contribution in [1.82, 2.24) is 15.2 Å². The Balaban J connectivity index is 1.64. The minimum Gasteiger partial charge on any atom is -0.452 e. The Morgan fingerprint density at radius 3 is 2.67 bits per heavy atom. The first kappa shape index (κ1) is 18.1. The number of rotatable bonds is 6. The van der Waals surface area contributed by atoms with E-state index in [-0.39, 0.29) is 12.1 Å². The lowest BCUT2D eigenvalue weighted by atomic mass is 10.0. The van der Waals surface area contributed by atoms with Crippen molar-refractivity contribution in [2.75, 3.05) is 6.54 Å². The maximum atomic E-state index is 6.24. The number of nitrogens with one attached hydrogen (secondary N) is 1. The van der Waals surface area contributed by atoms with Gasteiger partial charge in [0, 0.05) is 17.6 Å². The summed E-state index contributed by atoms with van der Waals surface area (Å²) in [5.74, 6) is 0.907. The average molecular weight is 396 g/mol. The molecule has 27 heavy (non-hydrogen) atoms. The molecule has 3 aromatic rings. The molecule has 1 aliphatic heterocycles. The molecular formula is C21H21N3OS2. The Morgan fingerprint density at radius 2 is 1.93 bits per heavy atom. The van der Waals surface area contributed by atoms with Gasteiger partial charge in [-0.3, -0.25) is 4.98 Å². The smallest absolute Gasteiger partial charge is 0.170 e. The fraction of sp³-hybridized carbons (Fsp3) is 0.238. The topological polar surface area (TPSA) is 41.3 Å². The van der Waals surface area contributed by atoms with Crippen molar-refractivity contribution in [2.24, 2.45) is 0 Å². The van der Waals surface area contributed by atoms with Crippen LogP contribution < -0.4 is 5.32 Å². The van der Waals surface area contributed by atoms with E-state index in [2.05, 4.69) is 40.3 Å². The van der Waals surface area contributed by atoms with Crippen LogP contribution in [0.1, 0.15) is 36.9 Å². The van der Waals surface area contributed by atoms with Crippen LogP contribution in [0.5, 0.6) is 0 Å². The van der Waals surface area contributed by atoms with Crippen LogP contribution in [0.4, 0.5) is 0 Å². The molecule has 138 valence electrons. The van der Waals surface area contributed by atoms with Crippen LogP contribution in [0.25, 0.3) is 0 Å². The summed E-state index contributed by atoms with van der Waals surface area (Å²) in [5.41, 5.74) is 0.970. The molecule has 1 N–H and O–H groups in total. The standard InChI is InChI=1S/C21H21N3OS2/c1-2-14-24-20(19(23-21(24)26)16-10-6-7-13-22-16)17-11-12-18(25-17)27-15-8-4-3-5-9-15/h3-13,19-20H,2,14H2,1H3,(H,23,26). The minimum atomic E-state index is -0.0222. The van der Waals surface area contributed by atoms with Crippen molar-refractivity contribution in [1.29, 1.82) is 0 Å². The zero-order valence-electron chi connectivity index (χ0n) is 15.0. The lowest BCUT2D eigenvalue weighted by Gasteiger charge is -2.25. The molecule has 4 nitrogen and oxygen atoms in total. The van der Waals surface area contributed by atoms with Gasteiger partial charge in [0.1, 0.15) is 11.8 Å². The highest BCUT2D eigenvalue weighted by Gasteiger charge is 2.41. The van der Waals surface area contributed by atoms with Gasteiger partial charge in [-0.2, -0.15) is 0 Å². The summed E-state index contributed by atoms with van der Waals surface area (Å²) in [5, 5.41) is 5.08. The van der Waals surface area contributed by atoms with E-state index in [9.17, 15) is 0 Å². The molecular weight excluding hydrogens is 374 g/mol. The first-order chi connectivity index (χ1) is 13.3. The first-order valence-corrected chi connectivity index (χ1v) is 10.3. The molecule has 1 fully saturated rings. The van der Waals surface area contributed by atoms with E-state index >= 15 is 0 Å². The Bertz CT molecular complexity index is 898. The SMILES string of the molecule is CCCN1C(=S)NC(c2ccccn2)C1c1ccc(Sc2ccccc2)o1. The van der Waals surface area contributed by atoms with Crippen molar-refractivity contribution < 1.29 is 4.42 Å². The lowest BCUT2D eigenvalue weighted by molar-refractivity contribution is 0.260. The highest BCUT2D eigenvalue weighted by atomic mass is 32.2. The molecule has 0 saturated carbocycles. The Labute approximate surface area is 169 Å². The van der Waals surface area contributed by atoms with Crippen molar-refractivity contribution in [2.45, 2.75) is 35.4 Å². The third-order valence-corrected chi connectivity index (χ3v) is 5.80. The quantitative estimate of drug-likeness (QED) is 0.578. The third-order valence-electron chi connectivity index (χ3n) is 4.52. The van der Waals surface area contributed by atoms with Gasteiger partial charge in [-0.25, -0.2) is 0 Å². The monoisotopic (exact) mass is 395 g/mol. The second-order valence-electron chi connectivity index (χ2n) is 6.39. The lowest BCUT2D eigenvalue weighted by Crippen LogP contribution is -2.30.